The maximum atomic E-state index is 8.97. The molecule has 0 saturated carbocycles. The lowest BCUT2D eigenvalue weighted by molar-refractivity contribution is 0.217. The highest BCUT2D eigenvalue weighted by Gasteiger charge is 2.10. The van der Waals surface area contributed by atoms with Crippen LogP contribution in [-0.2, 0) is 0 Å². The predicted octanol–water partition coefficient (Wildman–Crippen LogP) is -1.50. The number of benzene rings is 2. The second kappa shape index (κ2) is 7.86. The molecule has 0 atom stereocenters. The van der Waals surface area contributed by atoms with Gasteiger partial charge in [0.1, 0.15) is 24.7 Å². The lowest BCUT2D eigenvalue weighted by Crippen LogP contribution is -2.29. The summed E-state index contributed by atoms with van der Waals surface area (Å²) in [7, 11) is -2.98. The second-order valence-electron chi connectivity index (χ2n) is 4.58. The Bertz CT molecular complexity index is 517. The minimum Gasteiger partial charge on any atom is -0.490 e. The Morgan fingerprint density at radius 3 is 1.18 bits per heavy atom. The first-order chi connectivity index (χ1) is 10.6. The van der Waals surface area contributed by atoms with Crippen LogP contribution in [0.5, 0.6) is 11.5 Å². The molecule has 0 aliphatic heterocycles. The van der Waals surface area contributed by atoms with E-state index < -0.39 is 14.2 Å². The van der Waals surface area contributed by atoms with Gasteiger partial charge in [-0.2, -0.15) is 0 Å². The van der Waals surface area contributed by atoms with Crippen LogP contribution < -0.4 is 20.4 Å². The van der Waals surface area contributed by atoms with Crippen LogP contribution in [0.3, 0.4) is 0 Å². The largest absolute Gasteiger partial charge is 0.490 e. The van der Waals surface area contributed by atoms with E-state index in [4.69, 9.17) is 29.6 Å². The fraction of sp³-hybridized carbons (Fsp3) is 0.143. The zero-order valence-electron chi connectivity index (χ0n) is 11.8. The van der Waals surface area contributed by atoms with E-state index >= 15 is 0 Å². The topological polar surface area (TPSA) is 99.4 Å². The molecule has 2 aromatic rings. The summed E-state index contributed by atoms with van der Waals surface area (Å²) in [6, 6.07) is 12.9. The molecule has 0 amide bonds. The van der Waals surface area contributed by atoms with Gasteiger partial charge in [-0.1, -0.05) is 24.3 Å². The number of ether oxygens (including phenoxy) is 2. The highest BCUT2D eigenvalue weighted by Crippen LogP contribution is 2.09. The maximum Gasteiger partial charge on any atom is 0.488 e. The highest BCUT2D eigenvalue weighted by atomic mass is 16.5. The van der Waals surface area contributed by atoms with Crippen LogP contribution in [0.25, 0.3) is 0 Å². The van der Waals surface area contributed by atoms with Crippen LogP contribution >= 0.6 is 0 Å². The lowest BCUT2D eigenvalue weighted by atomic mass is 9.80. The highest BCUT2D eigenvalue weighted by molar-refractivity contribution is 6.58. The molecule has 2 aromatic carbocycles. The van der Waals surface area contributed by atoms with Gasteiger partial charge < -0.3 is 29.6 Å². The minimum absolute atomic E-state index is 0.325. The molecule has 0 aliphatic rings. The predicted molar refractivity (Wildman–Crippen MR) is 83.5 cm³/mol. The van der Waals surface area contributed by atoms with Crippen LogP contribution in [0, 0.1) is 0 Å². The number of rotatable bonds is 7. The molecule has 4 N–H and O–H groups in total. The quantitative estimate of drug-likeness (QED) is 0.367. The summed E-state index contributed by atoms with van der Waals surface area (Å²) < 4.78 is 10.9. The molecule has 22 heavy (non-hydrogen) atoms. The van der Waals surface area contributed by atoms with E-state index in [2.05, 4.69) is 0 Å². The van der Waals surface area contributed by atoms with Crippen LogP contribution in [0.2, 0.25) is 0 Å². The molecule has 0 aromatic heterocycles. The molecular formula is C14H16B2O6. The van der Waals surface area contributed by atoms with E-state index in [1.165, 1.54) is 0 Å². The van der Waals surface area contributed by atoms with Crippen molar-refractivity contribution >= 4 is 25.2 Å². The van der Waals surface area contributed by atoms with Crippen molar-refractivity contribution in [2.75, 3.05) is 13.2 Å². The lowest BCUT2D eigenvalue weighted by Gasteiger charge is -2.09. The van der Waals surface area contributed by atoms with Gasteiger partial charge in [-0.05, 0) is 35.2 Å². The molecule has 0 unspecified atom stereocenters. The Labute approximate surface area is 128 Å². The molecule has 0 saturated heterocycles. The molecule has 0 heterocycles. The van der Waals surface area contributed by atoms with Crippen molar-refractivity contribution in [2.45, 2.75) is 0 Å². The summed E-state index contributed by atoms with van der Waals surface area (Å²) in [5, 5.41) is 35.9. The fourth-order valence-electron chi connectivity index (χ4n) is 1.79. The molecule has 0 aliphatic carbocycles. The van der Waals surface area contributed by atoms with Crippen molar-refractivity contribution in [2.24, 2.45) is 0 Å². The molecule has 0 fully saturated rings. The van der Waals surface area contributed by atoms with Gasteiger partial charge in [-0.25, -0.2) is 0 Å². The SMILES string of the molecule is OB(O)c1ccc(OCCOc2ccc(B(O)O)cc2)cc1. The average molecular weight is 302 g/mol. The molecule has 114 valence electrons. The number of hydrogen-bond acceptors (Lipinski definition) is 6. The van der Waals surface area contributed by atoms with Gasteiger partial charge in [-0.3, -0.25) is 0 Å². The first-order valence-corrected chi connectivity index (χ1v) is 6.74. The van der Waals surface area contributed by atoms with E-state index in [-0.39, 0.29) is 0 Å². The summed E-state index contributed by atoms with van der Waals surface area (Å²) in [6.07, 6.45) is 0. The summed E-state index contributed by atoms with van der Waals surface area (Å²) in [6.45, 7) is 0.650. The van der Waals surface area contributed by atoms with Crippen molar-refractivity contribution in [1.29, 1.82) is 0 Å². The third kappa shape index (κ3) is 4.78. The Hall–Kier alpha value is -1.99. The van der Waals surface area contributed by atoms with Crippen molar-refractivity contribution in [1.82, 2.24) is 0 Å². The van der Waals surface area contributed by atoms with Crippen LogP contribution in [-0.4, -0.2) is 47.5 Å². The van der Waals surface area contributed by atoms with Crippen molar-refractivity contribution in [3.63, 3.8) is 0 Å². The van der Waals surface area contributed by atoms with Crippen LogP contribution in [0.15, 0.2) is 48.5 Å². The van der Waals surface area contributed by atoms with Gasteiger partial charge in [0.25, 0.3) is 0 Å². The molecule has 0 spiro atoms. The molecular weight excluding hydrogens is 286 g/mol. The average Bonchev–Trinajstić information content (AvgIpc) is 2.52. The third-order valence-corrected chi connectivity index (χ3v) is 2.98. The van der Waals surface area contributed by atoms with Crippen molar-refractivity contribution in [3.05, 3.63) is 48.5 Å². The summed E-state index contributed by atoms with van der Waals surface area (Å²) in [4.78, 5) is 0. The Morgan fingerprint density at radius 2 is 0.909 bits per heavy atom. The van der Waals surface area contributed by atoms with Crippen molar-refractivity contribution < 1.29 is 29.6 Å². The normalized spacial score (nSPS) is 10.2. The van der Waals surface area contributed by atoms with Gasteiger partial charge in [-0.15, -0.1) is 0 Å². The molecule has 0 bridgehead atoms. The Balaban J connectivity index is 1.74. The summed E-state index contributed by atoms with van der Waals surface area (Å²) in [5.41, 5.74) is 0.796. The molecule has 0 radical (unpaired) electrons. The van der Waals surface area contributed by atoms with Gasteiger partial charge in [0.2, 0.25) is 0 Å². The monoisotopic (exact) mass is 302 g/mol. The molecule has 6 nitrogen and oxygen atoms in total. The Morgan fingerprint density at radius 1 is 0.591 bits per heavy atom. The second-order valence-corrected chi connectivity index (χ2v) is 4.58. The number of hydrogen-bond donors (Lipinski definition) is 4. The zero-order chi connectivity index (χ0) is 15.9. The Kier molecular flexibility index (Phi) is 5.85. The van der Waals surface area contributed by atoms with E-state index in [0.29, 0.717) is 35.6 Å². The van der Waals surface area contributed by atoms with Gasteiger partial charge >= 0.3 is 14.2 Å². The summed E-state index contributed by atoms with van der Waals surface area (Å²) >= 11 is 0. The van der Waals surface area contributed by atoms with Gasteiger partial charge in [0, 0.05) is 0 Å². The first-order valence-electron chi connectivity index (χ1n) is 6.74. The molecule has 8 heteroatoms. The standard InChI is InChI=1S/C14H16B2O6/c17-15(18)11-1-5-13(6-2-11)21-9-10-22-14-7-3-12(4-8-14)16(19)20/h1-8,17-20H,9-10H2. The zero-order valence-corrected chi connectivity index (χ0v) is 11.8. The minimum atomic E-state index is -1.49. The van der Waals surface area contributed by atoms with Crippen LogP contribution in [0.1, 0.15) is 0 Å². The van der Waals surface area contributed by atoms with Gasteiger partial charge in [0.05, 0.1) is 0 Å². The van der Waals surface area contributed by atoms with E-state index in [1.807, 2.05) is 0 Å². The smallest absolute Gasteiger partial charge is 0.488 e. The molecule has 2 rings (SSSR count). The van der Waals surface area contributed by atoms with Gasteiger partial charge in [0.15, 0.2) is 0 Å². The first kappa shape index (κ1) is 16.4. The summed E-state index contributed by atoms with van der Waals surface area (Å²) in [5.74, 6) is 1.21. The fourth-order valence-corrected chi connectivity index (χ4v) is 1.79. The van der Waals surface area contributed by atoms with E-state index in [0.717, 1.165) is 0 Å². The van der Waals surface area contributed by atoms with E-state index in [9.17, 15) is 0 Å². The van der Waals surface area contributed by atoms with Crippen molar-refractivity contribution in [3.8, 4) is 11.5 Å². The maximum absolute atomic E-state index is 8.97. The van der Waals surface area contributed by atoms with Crippen LogP contribution in [0.4, 0.5) is 0 Å². The third-order valence-electron chi connectivity index (χ3n) is 2.98. The van der Waals surface area contributed by atoms with E-state index in [1.54, 1.807) is 48.5 Å².